The van der Waals surface area contributed by atoms with Gasteiger partial charge in [-0.15, -0.1) is 0 Å². The van der Waals surface area contributed by atoms with Gasteiger partial charge >= 0.3 is 6.03 Å². The summed E-state index contributed by atoms with van der Waals surface area (Å²) in [6.07, 6.45) is 1.92. The summed E-state index contributed by atoms with van der Waals surface area (Å²) in [5, 5.41) is 18.5. The van der Waals surface area contributed by atoms with Crippen LogP contribution in [0.15, 0.2) is 60.7 Å². The molecule has 2 heterocycles. The fraction of sp³-hybridized carbons (Fsp3) is 0.405. The summed E-state index contributed by atoms with van der Waals surface area (Å²) in [4.78, 5) is 55.2. The van der Waals surface area contributed by atoms with Crippen molar-refractivity contribution >= 4 is 46.5 Å². The Balaban J connectivity index is 1.18. The quantitative estimate of drug-likeness (QED) is 0.122. The van der Waals surface area contributed by atoms with Crippen LogP contribution in [0.3, 0.4) is 0 Å². The summed E-state index contributed by atoms with van der Waals surface area (Å²) < 4.78 is 17.2. The van der Waals surface area contributed by atoms with Gasteiger partial charge in [-0.2, -0.15) is 0 Å². The minimum atomic E-state index is -0.509. The molecule has 0 spiro atoms. The number of unbranched alkanes of at least 4 members (excludes halogenated alkanes) is 2. The van der Waals surface area contributed by atoms with Gasteiger partial charge in [0.15, 0.2) is 11.5 Å². The van der Waals surface area contributed by atoms with Crippen LogP contribution in [0.5, 0.6) is 17.2 Å². The molecule has 0 radical (unpaired) electrons. The summed E-state index contributed by atoms with van der Waals surface area (Å²) in [6.45, 7) is 4.06. The standard InChI is InChI=1S/C37H46N6O8/c1-23-19-43(24(2)21-44)36(47)27-17-25(39-34(45)11-5-4-6-12-35(46)41-29-10-8-7-9-28(29)38)13-15-30(27)51-33(23)20-42(3)37(48)40-26-14-16-31-32(18-26)50-22-49-31/h7-10,13-18,23-24,33,44H,4-6,11-12,19-22,38H2,1-3H3,(H,39,45)(H,40,48)(H,41,46)/t23-,24+,33-/m1/s1. The predicted molar refractivity (Wildman–Crippen MR) is 193 cm³/mol. The number of hydrogen-bond donors (Lipinski definition) is 5. The highest BCUT2D eigenvalue weighted by Crippen LogP contribution is 2.35. The molecule has 2 aliphatic heterocycles. The van der Waals surface area contributed by atoms with E-state index in [2.05, 4.69) is 16.0 Å². The Morgan fingerprint density at radius 1 is 0.922 bits per heavy atom. The highest BCUT2D eigenvalue weighted by Gasteiger charge is 2.34. The molecule has 272 valence electrons. The first-order valence-corrected chi connectivity index (χ1v) is 17.1. The van der Waals surface area contributed by atoms with E-state index in [4.69, 9.17) is 19.9 Å². The number of nitrogens with one attached hydrogen (secondary N) is 3. The number of carbonyl (C=O) groups excluding carboxylic acids is 4. The molecule has 0 unspecified atom stereocenters. The number of rotatable bonds is 13. The number of nitrogens with two attached hydrogens (primary N) is 1. The van der Waals surface area contributed by atoms with Gasteiger partial charge in [0.05, 0.1) is 36.1 Å². The average Bonchev–Trinajstić information content (AvgIpc) is 3.58. The summed E-state index contributed by atoms with van der Waals surface area (Å²) >= 11 is 0. The van der Waals surface area contributed by atoms with Crippen LogP contribution in [0.1, 0.15) is 56.3 Å². The van der Waals surface area contributed by atoms with Gasteiger partial charge < -0.3 is 50.8 Å². The maximum atomic E-state index is 13.8. The predicted octanol–water partition coefficient (Wildman–Crippen LogP) is 4.91. The monoisotopic (exact) mass is 702 g/mol. The van der Waals surface area contributed by atoms with E-state index in [9.17, 15) is 24.3 Å². The van der Waals surface area contributed by atoms with E-state index in [1.807, 2.05) is 6.92 Å². The number of nitrogens with zero attached hydrogens (tertiary/aromatic N) is 2. The Morgan fingerprint density at radius 3 is 2.31 bits per heavy atom. The zero-order valence-electron chi connectivity index (χ0n) is 29.1. The van der Waals surface area contributed by atoms with Gasteiger partial charge in [0, 0.05) is 49.8 Å². The molecule has 3 aromatic carbocycles. The second-order valence-corrected chi connectivity index (χ2v) is 13.0. The SMILES string of the molecule is C[C@@H]1CN([C@@H](C)CO)C(=O)c2cc(NC(=O)CCCCCC(=O)Nc3ccccc3N)ccc2O[C@@H]1CN(C)C(=O)Nc1ccc2c(c1)OCO2. The van der Waals surface area contributed by atoms with Crippen LogP contribution < -0.4 is 35.9 Å². The van der Waals surface area contributed by atoms with Gasteiger partial charge in [-0.3, -0.25) is 14.4 Å². The van der Waals surface area contributed by atoms with Crippen molar-refractivity contribution in [3.63, 3.8) is 0 Å². The fourth-order valence-electron chi connectivity index (χ4n) is 5.86. The van der Waals surface area contributed by atoms with E-state index in [0.29, 0.717) is 65.7 Å². The molecule has 5 amide bonds. The average molecular weight is 703 g/mol. The first-order chi connectivity index (χ1) is 24.5. The van der Waals surface area contributed by atoms with Crippen molar-refractivity contribution in [3.8, 4) is 17.2 Å². The van der Waals surface area contributed by atoms with Crippen LogP contribution >= 0.6 is 0 Å². The molecule has 6 N–H and O–H groups in total. The van der Waals surface area contributed by atoms with Crippen molar-refractivity contribution in [2.75, 3.05) is 55.2 Å². The Bertz CT molecular complexity index is 1730. The van der Waals surface area contributed by atoms with E-state index in [1.165, 1.54) is 4.90 Å². The number of likely N-dealkylation sites (N-methyl/N-ethyl adjacent to an activating group) is 1. The minimum Gasteiger partial charge on any atom is -0.487 e. The summed E-state index contributed by atoms with van der Waals surface area (Å²) in [5.74, 6) is 0.566. The number of ether oxygens (including phenoxy) is 3. The van der Waals surface area contributed by atoms with Crippen LogP contribution in [0.2, 0.25) is 0 Å². The lowest BCUT2D eigenvalue weighted by Gasteiger charge is -2.38. The minimum absolute atomic E-state index is 0.128. The number of para-hydroxylation sites is 2. The first-order valence-electron chi connectivity index (χ1n) is 17.1. The molecule has 0 bridgehead atoms. The lowest BCUT2D eigenvalue weighted by Crippen LogP contribution is -2.50. The van der Waals surface area contributed by atoms with Crippen molar-refractivity contribution in [3.05, 3.63) is 66.2 Å². The normalized spacial score (nSPS) is 16.9. The number of urea groups is 1. The van der Waals surface area contributed by atoms with Crippen LogP contribution in [0, 0.1) is 5.92 Å². The number of aliphatic hydroxyl groups is 1. The summed E-state index contributed by atoms with van der Waals surface area (Å²) in [6, 6.07) is 16.3. The second kappa shape index (κ2) is 16.9. The maximum absolute atomic E-state index is 13.8. The van der Waals surface area contributed by atoms with E-state index in [-0.39, 0.29) is 68.1 Å². The Hall–Kier alpha value is -5.50. The number of amides is 5. The molecule has 14 heteroatoms. The van der Waals surface area contributed by atoms with E-state index in [1.54, 1.807) is 79.5 Å². The van der Waals surface area contributed by atoms with E-state index >= 15 is 0 Å². The van der Waals surface area contributed by atoms with Crippen LogP contribution in [0.4, 0.5) is 27.5 Å². The van der Waals surface area contributed by atoms with Crippen molar-refractivity contribution in [1.82, 2.24) is 9.80 Å². The zero-order valence-corrected chi connectivity index (χ0v) is 29.1. The molecular weight excluding hydrogens is 656 g/mol. The molecule has 5 rings (SSSR count). The lowest BCUT2D eigenvalue weighted by atomic mass is 9.99. The van der Waals surface area contributed by atoms with Crippen molar-refractivity contribution in [2.24, 2.45) is 5.92 Å². The number of nitrogen functional groups attached to an aromatic ring is 1. The number of anilines is 4. The fourth-order valence-corrected chi connectivity index (χ4v) is 5.86. The van der Waals surface area contributed by atoms with Gasteiger partial charge in [0.1, 0.15) is 11.9 Å². The summed E-state index contributed by atoms with van der Waals surface area (Å²) in [5.41, 5.74) is 8.18. The topological polar surface area (TPSA) is 185 Å². The number of hydrogen-bond acceptors (Lipinski definition) is 9. The molecule has 14 nitrogen and oxygen atoms in total. The lowest BCUT2D eigenvalue weighted by molar-refractivity contribution is -0.116. The third kappa shape index (κ3) is 9.60. The number of benzene rings is 3. The molecule has 51 heavy (non-hydrogen) atoms. The van der Waals surface area contributed by atoms with Gasteiger partial charge in [0.25, 0.3) is 5.91 Å². The molecule has 0 aromatic heterocycles. The highest BCUT2D eigenvalue weighted by molar-refractivity contribution is 6.00. The van der Waals surface area contributed by atoms with E-state index < -0.39 is 12.1 Å². The van der Waals surface area contributed by atoms with Gasteiger partial charge in [-0.1, -0.05) is 25.5 Å². The van der Waals surface area contributed by atoms with Crippen LogP contribution in [-0.4, -0.2) is 84.3 Å². The molecule has 0 saturated heterocycles. The first kappa shape index (κ1) is 36.8. The second-order valence-electron chi connectivity index (χ2n) is 13.0. The van der Waals surface area contributed by atoms with Gasteiger partial charge in [-0.25, -0.2) is 4.79 Å². The highest BCUT2D eigenvalue weighted by atomic mass is 16.7. The van der Waals surface area contributed by atoms with Crippen LogP contribution in [0.25, 0.3) is 0 Å². The Kier molecular flexibility index (Phi) is 12.2. The van der Waals surface area contributed by atoms with Gasteiger partial charge in [0.2, 0.25) is 18.6 Å². The molecule has 0 saturated carbocycles. The smallest absolute Gasteiger partial charge is 0.321 e. The van der Waals surface area contributed by atoms with E-state index in [0.717, 1.165) is 0 Å². The third-order valence-corrected chi connectivity index (χ3v) is 8.92. The number of aliphatic hydroxyl groups excluding tert-OH is 1. The molecule has 2 aliphatic rings. The largest absolute Gasteiger partial charge is 0.487 e. The van der Waals surface area contributed by atoms with Crippen LogP contribution in [-0.2, 0) is 9.59 Å². The molecular formula is C37H46N6O8. The molecule has 3 atom stereocenters. The Labute approximate surface area is 297 Å². The molecule has 0 aliphatic carbocycles. The zero-order chi connectivity index (χ0) is 36.5. The third-order valence-electron chi connectivity index (χ3n) is 8.92. The summed E-state index contributed by atoms with van der Waals surface area (Å²) in [7, 11) is 1.66. The number of fused-ring (bicyclic) bond motifs is 2. The van der Waals surface area contributed by atoms with Crippen molar-refractivity contribution < 1.29 is 38.5 Å². The number of carbonyl (C=O) groups is 4. The van der Waals surface area contributed by atoms with Crippen molar-refractivity contribution in [2.45, 2.75) is 58.1 Å². The maximum Gasteiger partial charge on any atom is 0.321 e. The van der Waals surface area contributed by atoms with Gasteiger partial charge in [-0.05, 0) is 62.2 Å². The Morgan fingerprint density at radius 2 is 1.59 bits per heavy atom. The molecule has 3 aromatic rings. The van der Waals surface area contributed by atoms with Crippen molar-refractivity contribution in [1.29, 1.82) is 0 Å². The molecule has 0 fully saturated rings.